The predicted molar refractivity (Wildman–Crippen MR) is 70.7 cm³/mol. The largest absolute Gasteiger partial charge is 0.397 e. The zero-order chi connectivity index (χ0) is 13.9. The van der Waals surface area contributed by atoms with E-state index in [0.717, 1.165) is 19.3 Å². The van der Waals surface area contributed by atoms with Crippen molar-refractivity contribution in [2.75, 3.05) is 6.61 Å². The predicted octanol–water partition coefficient (Wildman–Crippen LogP) is 2.70. The van der Waals surface area contributed by atoms with Crippen LogP contribution < -0.4 is 0 Å². The van der Waals surface area contributed by atoms with Crippen LogP contribution in [0, 0.1) is 0 Å². The number of aliphatic hydroxyl groups is 1. The van der Waals surface area contributed by atoms with Crippen molar-refractivity contribution in [1.29, 1.82) is 0 Å². The van der Waals surface area contributed by atoms with Crippen molar-refractivity contribution in [1.82, 2.24) is 0 Å². The van der Waals surface area contributed by atoms with Crippen molar-refractivity contribution in [2.45, 2.75) is 70.8 Å². The van der Waals surface area contributed by atoms with Crippen LogP contribution in [0.4, 0.5) is 0 Å². The Hall–Kier alpha value is -0.170. The van der Waals surface area contributed by atoms with Gasteiger partial charge in [-0.2, -0.15) is 8.42 Å². The summed E-state index contributed by atoms with van der Waals surface area (Å²) in [7, 11) is -4.41. The highest BCUT2D eigenvalue weighted by Gasteiger charge is 2.16. The summed E-state index contributed by atoms with van der Waals surface area (Å²) in [6.07, 6.45) is 8.13. The summed E-state index contributed by atoms with van der Waals surface area (Å²) in [5, 5.41) is 8.78. The molecule has 0 amide bonds. The Morgan fingerprint density at radius 1 is 1.00 bits per heavy atom. The Labute approximate surface area is 110 Å². The Kier molecular flexibility index (Phi) is 10.6. The summed E-state index contributed by atoms with van der Waals surface area (Å²) in [6.45, 7) is 2.03. The number of unbranched alkanes of at least 4 members (excludes halogenated alkanes) is 6. The highest BCUT2D eigenvalue weighted by atomic mass is 32.3. The molecular formula is C12H26O5S. The molecule has 0 aromatic heterocycles. The molecule has 0 aliphatic carbocycles. The van der Waals surface area contributed by atoms with E-state index in [1.807, 2.05) is 0 Å². The van der Waals surface area contributed by atoms with Gasteiger partial charge in [0.1, 0.15) is 0 Å². The van der Waals surface area contributed by atoms with Crippen molar-refractivity contribution in [2.24, 2.45) is 0 Å². The van der Waals surface area contributed by atoms with Gasteiger partial charge in [0.25, 0.3) is 0 Å². The number of hydrogen-bond acceptors (Lipinski definition) is 4. The second kappa shape index (κ2) is 10.7. The first-order valence-corrected chi connectivity index (χ1v) is 8.12. The van der Waals surface area contributed by atoms with E-state index < -0.39 is 16.5 Å². The topological polar surface area (TPSA) is 83.8 Å². The van der Waals surface area contributed by atoms with Gasteiger partial charge in [0, 0.05) is 6.61 Å². The summed E-state index contributed by atoms with van der Waals surface area (Å²) in [5.74, 6) is 0. The molecule has 0 saturated heterocycles. The van der Waals surface area contributed by atoms with Gasteiger partial charge in [0.15, 0.2) is 0 Å². The highest BCUT2D eigenvalue weighted by Crippen LogP contribution is 2.14. The highest BCUT2D eigenvalue weighted by molar-refractivity contribution is 7.80. The molecule has 0 aromatic rings. The first-order valence-electron chi connectivity index (χ1n) is 6.76. The summed E-state index contributed by atoms with van der Waals surface area (Å²) in [4.78, 5) is 0. The van der Waals surface area contributed by atoms with E-state index >= 15 is 0 Å². The second-order valence-corrected chi connectivity index (χ2v) is 5.62. The molecule has 0 saturated carbocycles. The van der Waals surface area contributed by atoms with Gasteiger partial charge >= 0.3 is 10.4 Å². The molecule has 0 spiro atoms. The molecule has 6 heteroatoms. The molecule has 0 aliphatic rings. The van der Waals surface area contributed by atoms with Crippen LogP contribution in [0.5, 0.6) is 0 Å². The monoisotopic (exact) mass is 282 g/mol. The zero-order valence-electron chi connectivity index (χ0n) is 11.2. The van der Waals surface area contributed by atoms with E-state index in [9.17, 15) is 8.42 Å². The van der Waals surface area contributed by atoms with Crippen molar-refractivity contribution >= 4 is 10.4 Å². The smallest absolute Gasteiger partial charge is 0.396 e. The Morgan fingerprint density at radius 3 is 2.06 bits per heavy atom. The van der Waals surface area contributed by atoms with Crippen molar-refractivity contribution < 1.29 is 22.3 Å². The Morgan fingerprint density at radius 2 is 1.56 bits per heavy atom. The lowest BCUT2D eigenvalue weighted by molar-refractivity contribution is 0.133. The minimum absolute atomic E-state index is 0.142. The van der Waals surface area contributed by atoms with Crippen molar-refractivity contribution in [3.05, 3.63) is 0 Å². The fourth-order valence-electron chi connectivity index (χ4n) is 1.89. The maximum absolute atomic E-state index is 10.6. The van der Waals surface area contributed by atoms with E-state index in [1.54, 1.807) is 0 Å². The molecule has 0 radical (unpaired) electrons. The molecule has 1 atom stereocenters. The lowest BCUT2D eigenvalue weighted by atomic mass is 10.1. The van der Waals surface area contributed by atoms with Crippen LogP contribution in [0.2, 0.25) is 0 Å². The lowest BCUT2D eigenvalue weighted by Crippen LogP contribution is -2.19. The van der Waals surface area contributed by atoms with Crippen LogP contribution in [0.1, 0.15) is 64.7 Å². The van der Waals surface area contributed by atoms with Crippen LogP contribution in [0.3, 0.4) is 0 Å². The standard InChI is InChI=1S/C12H26O5S/c1-2-3-4-5-6-7-8-9-12(10-11-13)17-18(14,15)16/h12-13H,2-11H2,1H3,(H,14,15,16). The van der Waals surface area contributed by atoms with Gasteiger partial charge in [-0.3, -0.25) is 4.55 Å². The molecule has 0 aromatic carbocycles. The maximum atomic E-state index is 10.6. The lowest BCUT2D eigenvalue weighted by Gasteiger charge is -2.13. The minimum atomic E-state index is -4.41. The fraction of sp³-hybridized carbons (Fsp3) is 1.00. The van der Waals surface area contributed by atoms with E-state index in [0.29, 0.717) is 6.42 Å². The number of aliphatic hydroxyl groups excluding tert-OH is 1. The van der Waals surface area contributed by atoms with Gasteiger partial charge in [-0.15, -0.1) is 0 Å². The molecule has 0 rings (SSSR count). The minimum Gasteiger partial charge on any atom is -0.396 e. The number of hydrogen-bond donors (Lipinski definition) is 2. The molecule has 0 bridgehead atoms. The Balaban J connectivity index is 3.64. The molecule has 2 N–H and O–H groups in total. The molecule has 0 heterocycles. The van der Waals surface area contributed by atoms with Gasteiger partial charge in [0.2, 0.25) is 0 Å². The average molecular weight is 282 g/mol. The molecule has 0 aliphatic heterocycles. The van der Waals surface area contributed by atoms with Crippen LogP contribution in [-0.4, -0.2) is 30.8 Å². The van der Waals surface area contributed by atoms with Crippen LogP contribution in [0.25, 0.3) is 0 Å². The van der Waals surface area contributed by atoms with E-state index in [4.69, 9.17) is 9.66 Å². The van der Waals surface area contributed by atoms with E-state index in [2.05, 4.69) is 11.1 Å². The summed E-state index contributed by atoms with van der Waals surface area (Å²) in [5.41, 5.74) is 0. The third-order valence-corrected chi connectivity index (χ3v) is 3.35. The first-order chi connectivity index (χ1) is 8.49. The van der Waals surface area contributed by atoms with E-state index in [-0.39, 0.29) is 13.0 Å². The molecular weight excluding hydrogens is 256 g/mol. The summed E-state index contributed by atoms with van der Waals surface area (Å²) < 4.78 is 34.2. The third-order valence-electron chi connectivity index (χ3n) is 2.84. The van der Waals surface area contributed by atoms with Crippen molar-refractivity contribution in [3.8, 4) is 0 Å². The van der Waals surface area contributed by atoms with Crippen LogP contribution in [-0.2, 0) is 14.6 Å². The fourth-order valence-corrected chi connectivity index (χ4v) is 2.42. The zero-order valence-corrected chi connectivity index (χ0v) is 12.0. The van der Waals surface area contributed by atoms with Gasteiger partial charge in [0.05, 0.1) is 6.10 Å². The molecule has 0 fully saturated rings. The van der Waals surface area contributed by atoms with E-state index in [1.165, 1.54) is 25.7 Å². The molecule has 5 nitrogen and oxygen atoms in total. The molecule has 18 heavy (non-hydrogen) atoms. The van der Waals surface area contributed by atoms with Gasteiger partial charge in [-0.05, 0) is 12.8 Å². The first kappa shape index (κ1) is 17.8. The summed E-state index contributed by atoms with van der Waals surface area (Å²) >= 11 is 0. The number of rotatable bonds is 12. The van der Waals surface area contributed by atoms with Gasteiger partial charge < -0.3 is 5.11 Å². The van der Waals surface area contributed by atoms with Crippen molar-refractivity contribution in [3.63, 3.8) is 0 Å². The van der Waals surface area contributed by atoms with Crippen LogP contribution in [0.15, 0.2) is 0 Å². The quantitative estimate of drug-likeness (QED) is 0.425. The third kappa shape index (κ3) is 12.3. The molecule has 110 valence electrons. The normalized spacial score (nSPS) is 13.7. The van der Waals surface area contributed by atoms with Gasteiger partial charge in [-0.25, -0.2) is 4.18 Å². The SMILES string of the molecule is CCCCCCCCCC(CCO)OS(=O)(=O)O. The molecule has 1 unspecified atom stereocenters. The summed E-state index contributed by atoms with van der Waals surface area (Å²) in [6, 6.07) is 0. The second-order valence-electron chi connectivity index (χ2n) is 4.57. The van der Waals surface area contributed by atoms with Crippen LogP contribution >= 0.6 is 0 Å². The Bertz CT molecular complexity index is 276. The average Bonchev–Trinajstić information content (AvgIpc) is 2.26. The van der Waals surface area contributed by atoms with Gasteiger partial charge in [-0.1, -0.05) is 51.9 Å². The maximum Gasteiger partial charge on any atom is 0.397 e.